The summed E-state index contributed by atoms with van der Waals surface area (Å²) in [5, 5.41) is 8.84. The zero-order valence-corrected chi connectivity index (χ0v) is 16.4. The second-order valence-electron chi connectivity index (χ2n) is 5.81. The Morgan fingerprint density at radius 1 is 0.720 bits per heavy atom. The first-order valence-corrected chi connectivity index (χ1v) is 7.90. The van der Waals surface area contributed by atoms with Crippen molar-refractivity contribution in [3.8, 4) is 11.1 Å². The van der Waals surface area contributed by atoms with Crippen molar-refractivity contribution < 1.29 is 9.90 Å². The molecule has 0 aromatic heterocycles. The van der Waals surface area contributed by atoms with E-state index in [9.17, 15) is 4.79 Å². The number of aromatic carboxylic acids is 1. The van der Waals surface area contributed by atoms with Crippen molar-refractivity contribution in [3.05, 3.63) is 95.1 Å². The van der Waals surface area contributed by atoms with E-state index >= 15 is 0 Å². The molecule has 0 heterocycles. The molecule has 0 saturated heterocycles. The maximum Gasteiger partial charge on any atom is 0.336 e. The van der Waals surface area contributed by atoms with E-state index in [1.807, 2.05) is 45.0 Å². The third kappa shape index (κ3) is 5.85. The molecule has 0 aliphatic heterocycles. The van der Waals surface area contributed by atoms with E-state index in [0.717, 1.165) is 16.7 Å². The van der Waals surface area contributed by atoms with Gasteiger partial charge in [0.25, 0.3) is 0 Å². The van der Waals surface area contributed by atoms with Gasteiger partial charge in [-0.25, -0.2) is 4.79 Å². The maximum absolute atomic E-state index is 10.8. The molecule has 1 unspecified atom stereocenters. The molecule has 0 spiro atoms. The Bertz CT molecular complexity index is 751. The molecule has 0 saturated carbocycles. The highest BCUT2D eigenvalue weighted by atomic mass is 31.0. The zero-order valence-electron chi connectivity index (χ0n) is 15.0. The average Bonchev–Trinajstić information content (AvgIpc) is 2.56. The molecule has 3 aromatic carbocycles. The lowest BCUT2D eigenvalue weighted by Gasteiger charge is -2.05. The molecule has 0 aliphatic carbocycles. The van der Waals surface area contributed by atoms with Crippen LogP contribution in [0.25, 0.3) is 11.1 Å². The second kappa shape index (κ2) is 9.76. The first-order chi connectivity index (χ1) is 11.5. The van der Waals surface area contributed by atoms with Crippen LogP contribution in [0.4, 0.5) is 0 Å². The Morgan fingerprint density at radius 3 is 1.40 bits per heavy atom. The topological polar surface area (TPSA) is 37.3 Å². The average molecular weight is 352 g/mol. The van der Waals surface area contributed by atoms with Gasteiger partial charge in [-0.05, 0) is 43.0 Å². The highest BCUT2D eigenvalue weighted by Gasteiger charge is 2.09. The Labute approximate surface area is 153 Å². The third-order valence-electron chi connectivity index (χ3n) is 3.77. The van der Waals surface area contributed by atoms with E-state index in [4.69, 9.17) is 5.11 Å². The molecule has 3 rings (SSSR count). The van der Waals surface area contributed by atoms with Crippen LogP contribution in [0, 0.1) is 20.8 Å². The van der Waals surface area contributed by atoms with Crippen molar-refractivity contribution in [1.29, 1.82) is 0 Å². The minimum atomic E-state index is -0.843. The van der Waals surface area contributed by atoms with E-state index in [1.165, 1.54) is 11.1 Å². The van der Waals surface area contributed by atoms with Gasteiger partial charge in [0.1, 0.15) is 0 Å². The van der Waals surface area contributed by atoms with Crippen molar-refractivity contribution in [2.45, 2.75) is 20.8 Å². The largest absolute Gasteiger partial charge is 0.478 e. The lowest BCUT2D eigenvalue weighted by atomic mass is 10.0. The fourth-order valence-corrected chi connectivity index (χ4v) is 2.78. The van der Waals surface area contributed by atoms with Gasteiger partial charge in [-0.3, -0.25) is 0 Å². The second-order valence-corrected chi connectivity index (χ2v) is 5.81. The summed E-state index contributed by atoms with van der Waals surface area (Å²) in [6, 6.07) is 24.6. The van der Waals surface area contributed by atoms with E-state index in [-0.39, 0.29) is 9.90 Å². The summed E-state index contributed by atoms with van der Waals surface area (Å²) < 4.78 is 0. The van der Waals surface area contributed by atoms with Gasteiger partial charge >= 0.3 is 5.97 Å². The Kier molecular flexibility index (Phi) is 8.04. The number of aryl methyl sites for hydroxylation is 3. The molecule has 2 nitrogen and oxygen atoms in total. The quantitative estimate of drug-likeness (QED) is 0.599. The fraction of sp³-hybridized carbons (Fsp3) is 0.136. The number of hydrogen-bond donors (Lipinski definition) is 1. The van der Waals surface area contributed by atoms with Crippen LogP contribution in [-0.2, 0) is 0 Å². The van der Waals surface area contributed by atoms with E-state index < -0.39 is 5.97 Å². The molecular formula is C22H25O2P. The predicted molar refractivity (Wildman–Crippen MR) is 111 cm³/mol. The van der Waals surface area contributed by atoms with Crippen molar-refractivity contribution in [3.63, 3.8) is 0 Å². The normalized spacial score (nSPS) is 9.40. The molecule has 0 fully saturated rings. The summed E-state index contributed by atoms with van der Waals surface area (Å²) in [6.45, 7) is 5.61. The van der Waals surface area contributed by atoms with Crippen LogP contribution in [0.3, 0.4) is 0 Å². The van der Waals surface area contributed by atoms with Crippen molar-refractivity contribution in [2.75, 3.05) is 0 Å². The van der Waals surface area contributed by atoms with E-state index in [1.54, 1.807) is 0 Å². The van der Waals surface area contributed by atoms with E-state index in [2.05, 4.69) is 48.5 Å². The molecule has 3 aromatic rings. The minimum absolute atomic E-state index is 0. The molecular weight excluding hydrogens is 327 g/mol. The third-order valence-corrected chi connectivity index (χ3v) is 3.77. The summed E-state index contributed by atoms with van der Waals surface area (Å²) >= 11 is 0. The number of carboxylic acids is 1. The standard InChI is InChI=1S/C12H10.C10H12O2.H3P/c1-3-7-11(8-4-1)12-9-5-2-6-10-12;1-6-4-7(2)9(10(11)12)8(3)5-6;/h1-10H;4-5H,1-3H3,(H,11,12);1H3. The molecule has 3 heteroatoms. The number of benzene rings is 3. The van der Waals surface area contributed by atoms with Gasteiger partial charge < -0.3 is 5.11 Å². The van der Waals surface area contributed by atoms with Crippen LogP contribution < -0.4 is 0 Å². The van der Waals surface area contributed by atoms with Crippen LogP contribution in [-0.4, -0.2) is 11.1 Å². The molecule has 0 amide bonds. The van der Waals surface area contributed by atoms with Gasteiger partial charge in [-0.15, -0.1) is 0 Å². The molecule has 1 atom stereocenters. The Morgan fingerprint density at radius 2 is 1.08 bits per heavy atom. The molecule has 1 N–H and O–H groups in total. The highest BCUT2D eigenvalue weighted by Crippen LogP contribution is 2.17. The van der Waals surface area contributed by atoms with Gasteiger partial charge in [0.2, 0.25) is 0 Å². The Hall–Kier alpha value is -2.44. The van der Waals surface area contributed by atoms with Gasteiger partial charge in [0.05, 0.1) is 5.56 Å². The maximum atomic E-state index is 10.8. The predicted octanol–water partition coefficient (Wildman–Crippen LogP) is 5.72. The lowest BCUT2D eigenvalue weighted by molar-refractivity contribution is 0.0695. The summed E-state index contributed by atoms with van der Waals surface area (Å²) in [7, 11) is 0. The van der Waals surface area contributed by atoms with Crippen molar-refractivity contribution >= 4 is 15.9 Å². The fourth-order valence-electron chi connectivity index (χ4n) is 2.78. The van der Waals surface area contributed by atoms with Crippen LogP contribution in [0.15, 0.2) is 72.8 Å². The molecule has 130 valence electrons. The number of carbonyl (C=O) groups is 1. The zero-order chi connectivity index (χ0) is 17.5. The SMILES string of the molecule is Cc1cc(C)c(C(=O)O)c(C)c1.P.c1ccc(-c2ccccc2)cc1. The molecule has 0 aliphatic rings. The van der Waals surface area contributed by atoms with Gasteiger partial charge in [-0.2, -0.15) is 9.90 Å². The summed E-state index contributed by atoms with van der Waals surface area (Å²) in [4.78, 5) is 10.8. The number of rotatable bonds is 2. The highest BCUT2D eigenvalue weighted by molar-refractivity contribution is 6.92. The van der Waals surface area contributed by atoms with Crippen LogP contribution >= 0.6 is 9.90 Å². The van der Waals surface area contributed by atoms with Gasteiger partial charge in [-0.1, -0.05) is 78.4 Å². The van der Waals surface area contributed by atoms with Gasteiger partial charge in [0, 0.05) is 0 Å². The molecule has 25 heavy (non-hydrogen) atoms. The van der Waals surface area contributed by atoms with E-state index in [0.29, 0.717) is 5.56 Å². The molecule has 0 radical (unpaired) electrons. The first kappa shape index (κ1) is 20.6. The summed E-state index contributed by atoms with van der Waals surface area (Å²) in [5.41, 5.74) is 5.76. The minimum Gasteiger partial charge on any atom is -0.478 e. The first-order valence-electron chi connectivity index (χ1n) is 7.90. The lowest BCUT2D eigenvalue weighted by Crippen LogP contribution is -2.03. The summed E-state index contributed by atoms with van der Waals surface area (Å²) in [5.74, 6) is -0.843. The van der Waals surface area contributed by atoms with Gasteiger partial charge in [0.15, 0.2) is 0 Å². The molecule has 0 bridgehead atoms. The smallest absolute Gasteiger partial charge is 0.336 e. The summed E-state index contributed by atoms with van der Waals surface area (Å²) in [6.07, 6.45) is 0. The van der Waals surface area contributed by atoms with Crippen LogP contribution in [0.1, 0.15) is 27.0 Å². The number of carboxylic acid groups (broad SMARTS) is 1. The number of hydrogen-bond acceptors (Lipinski definition) is 1. The Balaban J connectivity index is 0.000000240. The van der Waals surface area contributed by atoms with Crippen molar-refractivity contribution in [2.24, 2.45) is 0 Å². The monoisotopic (exact) mass is 352 g/mol. The van der Waals surface area contributed by atoms with Crippen molar-refractivity contribution in [1.82, 2.24) is 0 Å². The van der Waals surface area contributed by atoms with Crippen LogP contribution in [0.5, 0.6) is 0 Å². The van der Waals surface area contributed by atoms with Crippen LogP contribution in [0.2, 0.25) is 0 Å².